The van der Waals surface area contributed by atoms with E-state index in [-0.39, 0.29) is 35.3 Å². The van der Waals surface area contributed by atoms with Gasteiger partial charge in [-0.05, 0) is 18.9 Å². The van der Waals surface area contributed by atoms with E-state index in [1.165, 1.54) is 0 Å². The fraction of sp³-hybridized carbons (Fsp3) is 0.455. The molecule has 15 heavy (non-hydrogen) atoms. The molecule has 0 spiro atoms. The molecule has 1 aliphatic carbocycles. The van der Waals surface area contributed by atoms with Gasteiger partial charge in [-0.1, -0.05) is 25.2 Å². The van der Waals surface area contributed by atoms with E-state index in [1.807, 2.05) is 0 Å². The Morgan fingerprint density at radius 3 is 2.67 bits per heavy atom. The van der Waals surface area contributed by atoms with Gasteiger partial charge in [-0.25, -0.2) is 0 Å². The number of carbonyl (C=O) groups is 2. The Balaban J connectivity index is 0.00000196. The molecule has 0 saturated heterocycles. The Bertz CT molecular complexity index is 318. The van der Waals surface area contributed by atoms with Gasteiger partial charge in [-0.15, -0.1) is 0 Å². The molecule has 0 heterocycles. The summed E-state index contributed by atoms with van der Waals surface area (Å²) in [5.74, 6) is -2.51. The summed E-state index contributed by atoms with van der Waals surface area (Å²) >= 11 is 0. The standard InChI is InChI=1S/C11H14O3.Na/c1-3-8(11(13)14)9-6-4-5-7(2)10(9)12;/h4-6,8-9H,3H2,1-2H3,(H,13,14);/q;+1/p-1. The molecule has 4 heteroatoms. The van der Waals surface area contributed by atoms with Crippen LogP contribution in [0.1, 0.15) is 20.3 Å². The maximum atomic E-state index is 11.6. The number of hydrogen-bond donors (Lipinski definition) is 0. The number of allylic oxidation sites excluding steroid dienone is 4. The summed E-state index contributed by atoms with van der Waals surface area (Å²) in [7, 11) is 0. The van der Waals surface area contributed by atoms with Gasteiger partial charge in [0, 0.05) is 17.8 Å². The molecule has 0 amide bonds. The zero-order valence-electron chi connectivity index (χ0n) is 9.32. The van der Waals surface area contributed by atoms with Gasteiger partial charge in [-0.3, -0.25) is 4.79 Å². The first-order chi connectivity index (χ1) is 6.57. The fourth-order valence-electron chi connectivity index (χ4n) is 1.64. The molecular formula is C11H13NaO3. The summed E-state index contributed by atoms with van der Waals surface area (Å²) in [6.45, 7) is 3.44. The first-order valence-corrected chi connectivity index (χ1v) is 4.68. The van der Waals surface area contributed by atoms with E-state index in [4.69, 9.17) is 0 Å². The number of carbonyl (C=O) groups excluding carboxylic acids is 2. The van der Waals surface area contributed by atoms with Crippen LogP contribution in [0.4, 0.5) is 0 Å². The second kappa shape index (κ2) is 6.26. The van der Waals surface area contributed by atoms with Crippen LogP contribution in [0.25, 0.3) is 0 Å². The summed E-state index contributed by atoms with van der Waals surface area (Å²) in [5, 5.41) is 10.8. The van der Waals surface area contributed by atoms with E-state index >= 15 is 0 Å². The van der Waals surface area contributed by atoms with E-state index in [0.29, 0.717) is 12.0 Å². The van der Waals surface area contributed by atoms with Crippen LogP contribution in [0.3, 0.4) is 0 Å². The van der Waals surface area contributed by atoms with E-state index in [1.54, 1.807) is 32.1 Å². The Kier molecular flexibility index (Phi) is 6.10. The van der Waals surface area contributed by atoms with Crippen molar-refractivity contribution in [2.24, 2.45) is 11.8 Å². The third-order valence-electron chi connectivity index (χ3n) is 2.53. The molecule has 2 atom stereocenters. The smallest absolute Gasteiger partial charge is 0.550 e. The molecule has 0 aromatic carbocycles. The zero-order chi connectivity index (χ0) is 10.7. The average molecular weight is 216 g/mol. The second-order valence-electron chi connectivity index (χ2n) is 3.46. The normalized spacial score (nSPS) is 21.6. The van der Waals surface area contributed by atoms with Crippen LogP contribution in [-0.2, 0) is 9.59 Å². The van der Waals surface area contributed by atoms with Crippen LogP contribution in [0, 0.1) is 11.8 Å². The number of carboxylic acid groups (broad SMARTS) is 1. The molecule has 0 aromatic heterocycles. The van der Waals surface area contributed by atoms with E-state index in [9.17, 15) is 14.7 Å². The van der Waals surface area contributed by atoms with Crippen molar-refractivity contribution in [3.8, 4) is 0 Å². The van der Waals surface area contributed by atoms with Gasteiger partial charge in [-0.2, -0.15) is 0 Å². The van der Waals surface area contributed by atoms with Crippen molar-refractivity contribution in [3.63, 3.8) is 0 Å². The van der Waals surface area contributed by atoms with Crippen molar-refractivity contribution in [1.29, 1.82) is 0 Å². The summed E-state index contributed by atoms with van der Waals surface area (Å²) in [6.07, 6.45) is 5.48. The van der Waals surface area contributed by atoms with Crippen molar-refractivity contribution in [2.75, 3.05) is 0 Å². The van der Waals surface area contributed by atoms with Crippen molar-refractivity contribution >= 4 is 11.8 Å². The Morgan fingerprint density at radius 1 is 1.60 bits per heavy atom. The molecule has 2 unspecified atom stereocenters. The van der Waals surface area contributed by atoms with Crippen LogP contribution < -0.4 is 34.7 Å². The molecule has 0 N–H and O–H groups in total. The molecule has 1 aliphatic rings. The fourth-order valence-corrected chi connectivity index (χ4v) is 1.64. The largest absolute Gasteiger partial charge is 1.00 e. The summed E-state index contributed by atoms with van der Waals surface area (Å²) in [4.78, 5) is 22.4. The maximum Gasteiger partial charge on any atom is 1.00 e. The van der Waals surface area contributed by atoms with Crippen LogP contribution in [0.5, 0.6) is 0 Å². The molecule has 0 aliphatic heterocycles. The average Bonchev–Trinajstić information content (AvgIpc) is 2.13. The maximum absolute atomic E-state index is 11.6. The van der Waals surface area contributed by atoms with Crippen molar-refractivity contribution in [2.45, 2.75) is 20.3 Å². The van der Waals surface area contributed by atoms with Crippen LogP contribution in [0.15, 0.2) is 23.8 Å². The SMILES string of the molecule is CCC(C(=O)[O-])C1C=CC=C(C)C1=O.[Na+]. The van der Waals surface area contributed by atoms with Gasteiger partial charge in [0.15, 0.2) is 5.78 Å². The third kappa shape index (κ3) is 3.30. The van der Waals surface area contributed by atoms with Gasteiger partial charge in [0.2, 0.25) is 0 Å². The minimum Gasteiger partial charge on any atom is -0.550 e. The first kappa shape index (κ1) is 14.6. The van der Waals surface area contributed by atoms with Crippen LogP contribution in [0.2, 0.25) is 0 Å². The number of carboxylic acids is 1. The van der Waals surface area contributed by atoms with Gasteiger partial charge >= 0.3 is 29.6 Å². The molecule has 0 radical (unpaired) electrons. The van der Waals surface area contributed by atoms with Gasteiger partial charge < -0.3 is 9.90 Å². The van der Waals surface area contributed by atoms with E-state index in [2.05, 4.69) is 0 Å². The van der Waals surface area contributed by atoms with E-state index < -0.39 is 17.8 Å². The van der Waals surface area contributed by atoms with Crippen molar-refractivity contribution < 1.29 is 44.3 Å². The van der Waals surface area contributed by atoms with Gasteiger partial charge in [0.05, 0.1) is 0 Å². The predicted molar refractivity (Wildman–Crippen MR) is 50.2 cm³/mol. The van der Waals surface area contributed by atoms with Crippen LogP contribution >= 0.6 is 0 Å². The topological polar surface area (TPSA) is 57.2 Å². The second-order valence-corrected chi connectivity index (χ2v) is 3.46. The van der Waals surface area contributed by atoms with Crippen molar-refractivity contribution in [3.05, 3.63) is 23.8 Å². The molecule has 0 bridgehead atoms. The number of Topliss-reactive ketones (excluding diaryl/α,β-unsaturated/α-hetero) is 1. The number of aliphatic carboxylic acids is 1. The Morgan fingerprint density at radius 2 is 2.20 bits per heavy atom. The number of rotatable bonds is 3. The molecule has 0 fully saturated rings. The van der Waals surface area contributed by atoms with Crippen LogP contribution in [-0.4, -0.2) is 11.8 Å². The Hall–Kier alpha value is -0.380. The van der Waals surface area contributed by atoms with Gasteiger partial charge in [0.25, 0.3) is 0 Å². The molecular weight excluding hydrogens is 203 g/mol. The van der Waals surface area contributed by atoms with Gasteiger partial charge in [0.1, 0.15) is 0 Å². The monoisotopic (exact) mass is 216 g/mol. The molecule has 0 aromatic rings. The summed E-state index contributed by atoms with van der Waals surface area (Å²) < 4.78 is 0. The molecule has 0 saturated carbocycles. The third-order valence-corrected chi connectivity index (χ3v) is 2.53. The number of ketones is 1. The Labute approximate surface area is 112 Å². The predicted octanol–water partition coefficient (Wildman–Crippen LogP) is -2.53. The molecule has 76 valence electrons. The number of hydrogen-bond acceptors (Lipinski definition) is 3. The zero-order valence-corrected chi connectivity index (χ0v) is 11.3. The summed E-state index contributed by atoms with van der Waals surface area (Å²) in [5.41, 5.74) is 0.609. The molecule has 1 rings (SSSR count). The minimum absolute atomic E-state index is 0. The molecule has 3 nitrogen and oxygen atoms in total. The summed E-state index contributed by atoms with van der Waals surface area (Å²) in [6, 6.07) is 0. The first-order valence-electron chi connectivity index (χ1n) is 4.68. The minimum atomic E-state index is -1.15. The quantitative estimate of drug-likeness (QED) is 0.489. The van der Waals surface area contributed by atoms with Crippen molar-refractivity contribution in [1.82, 2.24) is 0 Å². The van der Waals surface area contributed by atoms with E-state index in [0.717, 1.165) is 0 Å².